The summed E-state index contributed by atoms with van der Waals surface area (Å²) in [7, 11) is 0. The number of rotatable bonds is 0. The molecule has 0 aliphatic carbocycles. The summed E-state index contributed by atoms with van der Waals surface area (Å²) in [6, 6.07) is 0. The van der Waals surface area contributed by atoms with Crippen LogP contribution in [0.25, 0.3) is 0 Å². The molecule has 0 atom stereocenters. The van der Waals surface area contributed by atoms with Gasteiger partial charge in [0.1, 0.15) is 0 Å². The van der Waals surface area contributed by atoms with Crippen LogP contribution < -0.4 is 35.0 Å². The van der Waals surface area contributed by atoms with Crippen LogP contribution in [0.2, 0.25) is 0 Å². The second kappa shape index (κ2) is 56.5. The van der Waals surface area contributed by atoms with E-state index in [1.54, 1.807) is 0 Å². The van der Waals surface area contributed by atoms with Gasteiger partial charge in [0.05, 0.1) is 0 Å². The Bertz CT molecular complexity index is 85.0. The fourth-order valence-electron chi connectivity index (χ4n) is 0. The van der Waals surface area contributed by atoms with Crippen LogP contribution in [0.3, 0.4) is 0 Å². The molecule has 0 rings (SSSR count). The second-order valence-corrected chi connectivity index (χ2v) is 0.983. The van der Waals surface area contributed by atoms with Gasteiger partial charge in [-0.15, -0.1) is 0 Å². The fraction of sp³-hybridized carbons (Fsp3) is 0.500. The van der Waals surface area contributed by atoms with E-state index in [0.717, 1.165) is 13.8 Å². The Balaban J connectivity index is -0.00000000468. The maximum Gasteiger partial charge on any atom is 2.00 e. The van der Waals surface area contributed by atoms with E-state index in [1.165, 1.54) is 0 Å². The fourth-order valence-corrected chi connectivity index (χ4v) is 0. The summed E-state index contributed by atoms with van der Waals surface area (Å²) in [5.74, 6) is -2.17. The number of hydrogen-bond acceptors (Lipinski definition) is 4. The van der Waals surface area contributed by atoms with E-state index in [2.05, 4.69) is 0 Å². The molecule has 0 saturated heterocycles. The van der Waals surface area contributed by atoms with Crippen LogP contribution >= 0.6 is 0 Å². The molecular formula is C4H12Ca2Cl2O7. The van der Waals surface area contributed by atoms with Crippen LogP contribution in [0.5, 0.6) is 0 Å². The zero-order valence-electron chi connectivity index (χ0n) is 8.30. The molecule has 0 radical (unpaired) electrons. The Labute approximate surface area is 160 Å². The van der Waals surface area contributed by atoms with Crippen molar-refractivity contribution in [3.8, 4) is 0 Å². The van der Waals surface area contributed by atoms with Crippen molar-refractivity contribution in [3.05, 3.63) is 0 Å². The van der Waals surface area contributed by atoms with Crippen LogP contribution in [0.15, 0.2) is 0 Å². The topological polar surface area (TPSA) is 175 Å². The molecule has 11 heteroatoms. The molecule has 7 nitrogen and oxygen atoms in total. The molecule has 0 spiro atoms. The zero-order valence-corrected chi connectivity index (χ0v) is 14.2. The smallest absolute Gasteiger partial charge is 1.00 e. The third-order valence-electron chi connectivity index (χ3n) is 0. The van der Waals surface area contributed by atoms with Gasteiger partial charge < -0.3 is 61.0 Å². The average molecular weight is 323 g/mol. The molecule has 0 saturated carbocycles. The predicted molar refractivity (Wildman–Crippen MR) is 43.7 cm³/mol. The SMILES string of the molecule is CC(=O)[O-].CC(=O)[O-].O.O.O.[Ca+2].[Ca+2].[Cl-].[Cl-]. The minimum absolute atomic E-state index is 0. The minimum atomic E-state index is -1.08. The molecule has 6 N–H and O–H groups in total. The largest absolute Gasteiger partial charge is 2.00 e. The van der Waals surface area contributed by atoms with Gasteiger partial charge in [-0.1, -0.05) is 0 Å². The molecule has 0 aromatic heterocycles. The Morgan fingerprint density at radius 1 is 0.733 bits per heavy atom. The molecule has 88 valence electrons. The number of aliphatic carboxylic acids is 2. The van der Waals surface area contributed by atoms with E-state index in [-0.39, 0.29) is 117 Å². The van der Waals surface area contributed by atoms with Gasteiger partial charge >= 0.3 is 75.5 Å². The summed E-state index contributed by atoms with van der Waals surface area (Å²) >= 11 is 0. The third kappa shape index (κ3) is 837. The van der Waals surface area contributed by atoms with Gasteiger partial charge in [-0.05, 0) is 13.8 Å². The van der Waals surface area contributed by atoms with Gasteiger partial charge in [-0.25, -0.2) is 0 Å². The first-order valence-electron chi connectivity index (χ1n) is 1.82. The van der Waals surface area contributed by atoms with E-state index < -0.39 is 11.9 Å². The molecular weight excluding hydrogens is 311 g/mol. The third-order valence-corrected chi connectivity index (χ3v) is 0. The van der Waals surface area contributed by atoms with Gasteiger partial charge in [0, 0.05) is 11.9 Å². The Morgan fingerprint density at radius 3 is 0.733 bits per heavy atom. The van der Waals surface area contributed by atoms with E-state index in [4.69, 9.17) is 19.8 Å². The molecule has 0 bridgehead atoms. The number of carbonyl (C=O) groups excluding carboxylic acids is 2. The number of hydrogen-bond donors (Lipinski definition) is 0. The average Bonchev–Trinajstić information content (AvgIpc) is 1.25. The monoisotopic (exact) mass is 322 g/mol. The molecule has 0 fully saturated rings. The molecule has 0 aromatic rings. The maximum absolute atomic E-state index is 8.89. The Morgan fingerprint density at radius 2 is 0.733 bits per heavy atom. The van der Waals surface area contributed by atoms with Crippen molar-refractivity contribution in [3.63, 3.8) is 0 Å². The molecule has 0 aromatic carbocycles. The van der Waals surface area contributed by atoms with Crippen molar-refractivity contribution in [1.29, 1.82) is 0 Å². The van der Waals surface area contributed by atoms with Crippen LogP contribution in [-0.4, -0.2) is 104 Å². The van der Waals surface area contributed by atoms with E-state index in [1.807, 2.05) is 0 Å². The van der Waals surface area contributed by atoms with Crippen molar-refractivity contribution in [2.24, 2.45) is 0 Å². The summed E-state index contributed by atoms with van der Waals surface area (Å²) in [4.78, 5) is 17.8. The Hall–Kier alpha value is 1.92. The number of halogens is 2. The molecule has 15 heavy (non-hydrogen) atoms. The summed E-state index contributed by atoms with van der Waals surface area (Å²) in [5, 5.41) is 17.8. The minimum Gasteiger partial charge on any atom is -1.00 e. The van der Waals surface area contributed by atoms with Gasteiger partial charge in [0.25, 0.3) is 0 Å². The first kappa shape index (κ1) is 68.4. The van der Waals surface area contributed by atoms with E-state index in [0.29, 0.717) is 0 Å². The normalized spacial score (nSPS) is 3.33. The van der Waals surface area contributed by atoms with Gasteiger partial charge in [0.2, 0.25) is 0 Å². The van der Waals surface area contributed by atoms with Crippen molar-refractivity contribution < 1.29 is 61.0 Å². The van der Waals surface area contributed by atoms with Crippen molar-refractivity contribution >= 4 is 87.4 Å². The van der Waals surface area contributed by atoms with Gasteiger partial charge in [-0.3, -0.25) is 0 Å². The van der Waals surface area contributed by atoms with Crippen LogP contribution in [0.4, 0.5) is 0 Å². The van der Waals surface area contributed by atoms with Crippen molar-refractivity contribution in [2.75, 3.05) is 0 Å². The quantitative estimate of drug-likeness (QED) is 0.402. The maximum atomic E-state index is 8.89. The van der Waals surface area contributed by atoms with E-state index >= 15 is 0 Å². The zero-order chi connectivity index (χ0) is 7.15. The Kier molecular flexibility index (Phi) is 258. The van der Waals surface area contributed by atoms with Gasteiger partial charge in [0.15, 0.2) is 0 Å². The summed E-state index contributed by atoms with van der Waals surface area (Å²) in [6.45, 7) is 1.94. The molecule has 0 aliphatic heterocycles. The van der Waals surface area contributed by atoms with Gasteiger partial charge in [-0.2, -0.15) is 0 Å². The first-order chi connectivity index (χ1) is 3.46. The molecule has 0 unspecified atom stereocenters. The van der Waals surface area contributed by atoms with Crippen molar-refractivity contribution in [2.45, 2.75) is 13.8 Å². The molecule has 0 heterocycles. The number of carboxylic acids is 2. The van der Waals surface area contributed by atoms with Crippen LogP contribution in [0, 0.1) is 0 Å². The second-order valence-electron chi connectivity index (χ2n) is 0.983. The summed E-state index contributed by atoms with van der Waals surface area (Å²) in [6.07, 6.45) is 0. The summed E-state index contributed by atoms with van der Waals surface area (Å²) in [5.41, 5.74) is 0. The molecule has 0 amide bonds. The van der Waals surface area contributed by atoms with Crippen LogP contribution in [-0.2, 0) is 9.59 Å². The van der Waals surface area contributed by atoms with Crippen molar-refractivity contribution in [1.82, 2.24) is 0 Å². The van der Waals surface area contributed by atoms with E-state index in [9.17, 15) is 0 Å². The van der Waals surface area contributed by atoms with Crippen LogP contribution in [0.1, 0.15) is 13.8 Å². The summed E-state index contributed by atoms with van der Waals surface area (Å²) < 4.78 is 0. The molecule has 0 aliphatic rings. The number of carbonyl (C=O) groups is 2. The number of carboxylic acid groups (broad SMARTS) is 2. The first-order valence-corrected chi connectivity index (χ1v) is 1.82. The standard InChI is InChI=1S/2C2H4O2.2Ca.2ClH.3H2O/c2*1-2(3)4;;;;;;;/h2*1H3,(H,3,4);;;2*1H;3*1H2/q;;2*+2;;;;;/p-4. The predicted octanol–water partition coefficient (Wildman–Crippen LogP) is -11.7.